The maximum atomic E-state index is 13.3. The van der Waals surface area contributed by atoms with Crippen LogP contribution in [-0.2, 0) is 6.42 Å². The summed E-state index contributed by atoms with van der Waals surface area (Å²) in [4.78, 5) is 21.2. The van der Waals surface area contributed by atoms with Gasteiger partial charge in [0, 0.05) is 29.0 Å². The lowest BCUT2D eigenvalue weighted by molar-refractivity contribution is 0.0604. The summed E-state index contributed by atoms with van der Waals surface area (Å²) in [7, 11) is 0. The van der Waals surface area contributed by atoms with Crippen LogP contribution >= 0.6 is 11.3 Å². The zero-order valence-electron chi connectivity index (χ0n) is 14.2. The van der Waals surface area contributed by atoms with Crippen LogP contribution in [0, 0.1) is 0 Å². The van der Waals surface area contributed by atoms with Gasteiger partial charge in [-0.25, -0.2) is 0 Å². The van der Waals surface area contributed by atoms with Gasteiger partial charge in [-0.3, -0.25) is 9.78 Å². The Kier molecular flexibility index (Phi) is 4.79. The van der Waals surface area contributed by atoms with Gasteiger partial charge in [0.1, 0.15) is 0 Å². The van der Waals surface area contributed by atoms with Crippen LogP contribution in [-0.4, -0.2) is 28.4 Å². The summed E-state index contributed by atoms with van der Waals surface area (Å²) in [5.41, 5.74) is 1.55. The molecule has 3 heterocycles. The number of likely N-dealkylation sites (tertiary alicyclic amines) is 1. The molecule has 1 saturated heterocycles. The fraction of sp³-hybridized carbons (Fsp3) is 0.333. The number of carbonyl (C=O) groups excluding carboxylic acids is 1. The molecule has 0 aliphatic carbocycles. The number of hydrogen-bond acceptors (Lipinski definition) is 3. The molecule has 1 amide bonds. The first-order valence-electron chi connectivity index (χ1n) is 9.00. The highest BCUT2D eigenvalue weighted by Gasteiger charge is 2.28. The molecule has 0 saturated carbocycles. The van der Waals surface area contributed by atoms with Crippen molar-refractivity contribution in [1.29, 1.82) is 0 Å². The topological polar surface area (TPSA) is 33.2 Å². The van der Waals surface area contributed by atoms with Crippen LogP contribution in [0.1, 0.15) is 40.9 Å². The number of aromatic nitrogens is 1. The molecule has 3 aromatic rings. The lowest BCUT2D eigenvalue weighted by Crippen LogP contribution is -2.44. The Hall–Kier alpha value is -2.20. The van der Waals surface area contributed by atoms with Crippen LogP contribution in [0.3, 0.4) is 0 Å². The SMILES string of the molecule is O=C(c1cccc2cccnc12)N1CCCC[C@H]1CCc1cccs1. The number of carbonyl (C=O) groups is 1. The smallest absolute Gasteiger partial charge is 0.256 e. The average molecular weight is 350 g/mol. The largest absolute Gasteiger partial charge is 0.336 e. The molecule has 0 spiro atoms. The van der Waals surface area contributed by atoms with Crippen molar-refractivity contribution in [2.75, 3.05) is 6.54 Å². The highest BCUT2D eigenvalue weighted by molar-refractivity contribution is 7.09. The molecule has 1 fully saturated rings. The van der Waals surface area contributed by atoms with E-state index in [0.29, 0.717) is 6.04 Å². The predicted octanol–water partition coefficient (Wildman–Crippen LogP) is 4.92. The molecule has 128 valence electrons. The van der Waals surface area contributed by atoms with Crippen LogP contribution in [0.5, 0.6) is 0 Å². The quantitative estimate of drug-likeness (QED) is 0.669. The summed E-state index contributed by atoms with van der Waals surface area (Å²) in [6.07, 6.45) is 7.29. The van der Waals surface area contributed by atoms with Crippen LogP contribution in [0.15, 0.2) is 54.0 Å². The third-order valence-electron chi connectivity index (χ3n) is 5.06. The molecule has 1 aromatic carbocycles. The summed E-state index contributed by atoms with van der Waals surface area (Å²) in [5, 5.41) is 3.15. The van der Waals surface area contributed by atoms with Gasteiger partial charge in [0.2, 0.25) is 0 Å². The number of amides is 1. The Morgan fingerprint density at radius 3 is 2.96 bits per heavy atom. The van der Waals surface area contributed by atoms with Crippen molar-refractivity contribution in [3.8, 4) is 0 Å². The number of aryl methyl sites for hydroxylation is 1. The maximum Gasteiger partial charge on any atom is 0.256 e. The van der Waals surface area contributed by atoms with Crippen molar-refractivity contribution in [3.63, 3.8) is 0 Å². The molecule has 25 heavy (non-hydrogen) atoms. The normalized spacial score (nSPS) is 17.8. The van der Waals surface area contributed by atoms with Gasteiger partial charge in [0.15, 0.2) is 0 Å². The monoisotopic (exact) mass is 350 g/mol. The lowest BCUT2D eigenvalue weighted by Gasteiger charge is -2.36. The van der Waals surface area contributed by atoms with Crippen LogP contribution in [0.2, 0.25) is 0 Å². The van der Waals surface area contributed by atoms with Crippen LogP contribution in [0.25, 0.3) is 10.9 Å². The molecule has 0 unspecified atom stereocenters. The number of piperidine rings is 1. The Labute approximate surface area is 152 Å². The molecule has 1 aliphatic rings. The zero-order valence-corrected chi connectivity index (χ0v) is 15.0. The molecule has 0 radical (unpaired) electrons. The second-order valence-corrected chi connectivity index (χ2v) is 7.68. The first-order valence-corrected chi connectivity index (χ1v) is 9.88. The minimum atomic E-state index is 0.139. The number of hydrogen-bond donors (Lipinski definition) is 0. The van der Waals surface area contributed by atoms with E-state index in [1.54, 1.807) is 17.5 Å². The first-order chi connectivity index (χ1) is 12.3. The van der Waals surface area contributed by atoms with E-state index in [1.807, 2.05) is 30.3 Å². The van der Waals surface area contributed by atoms with E-state index in [-0.39, 0.29) is 5.91 Å². The first kappa shape index (κ1) is 16.3. The molecule has 1 aliphatic heterocycles. The van der Waals surface area contributed by atoms with Crippen molar-refractivity contribution >= 4 is 28.1 Å². The van der Waals surface area contributed by atoms with E-state index < -0.39 is 0 Å². The summed E-state index contributed by atoms with van der Waals surface area (Å²) < 4.78 is 0. The summed E-state index contributed by atoms with van der Waals surface area (Å²) in [6, 6.07) is 14.5. The van der Waals surface area contributed by atoms with Gasteiger partial charge in [-0.2, -0.15) is 0 Å². The minimum Gasteiger partial charge on any atom is -0.336 e. The molecule has 2 aromatic heterocycles. The third-order valence-corrected chi connectivity index (χ3v) is 5.99. The summed E-state index contributed by atoms with van der Waals surface area (Å²) in [5.74, 6) is 0.139. The Bertz CT molecular complexity index is 854. The number of para-hydroxylation sites is 1. The summed E-state index contributed by atoms with van der Waals surface area (Å²) >= 11 is 1.81. The van der Waals surface area contributed by atoms with Gasteiger partial charge in [-0.05, 0) is 55.7 Å². The molecule has 3 nitrogen and oxygen atoms in total. The fourth-order valence-corrected chi connectivity index (χ4v) is 4.49. The molecule has 4 rings (SSSR count). The van der Waals surface area contributed by atoms with Gasteiger partial charge in [-0.1, -0.05) is 24.3 Å². The molecular weight excluding hydrogens is 328 g/mol. The Morgan fingerprint density at radius 2 is 2.08 bits per heavy atom. The number of pyridine rings is 1. The highest BCUT2D eigenvalue weighted by Crippen LogP contribution is 2.26. The van der Waals surface area contributed by atoms with Crippen molar-refractivity contribution in [2.45, 2.75) is 38.1 Å². The van der Waals surface area contributed by atoms with Crippen molar-refractivity contribution in [2.24, 2.45) is 0 Å². The van der Waals surface area contributed by atoms with E-state index in [2.05, 4.69) is 27.4 Å². The number of fused-ring (bicyclic) bond motifs is 1. The van der Waals surface area contributed by atoms with Gasteiger partial charge in [0.25, 0.3) is 5.91 Å². The second kappa shape index (κ2) is 7.36. The van der Waals surface area contributed by atoms with Crippen molar-refractivity contribution in [3.05, 3.63) is 64.5 Å². The predicted molar refractivity (Wildman–Crippen MR) is 103 cm³/mol. The number of benzene rings is 1. The number of nitrogens with zero attached hydrogens (tertiary/aromatic N) is 2. The van der Waals surface area contributed by atoms with E-state index in [1.165, 1.54) is 11.3 Å². The lowest BCUT2D eigenvalue weighted by atomic mass is 9.96. The van der Waals surface area contributed by atoms with E-state index in [9.17, 15) is 4.79 Å². The average Bonchev–Trinajstić information content (AvgIpc) is 3.19. The molecule has 4 heteroatoms. The standard InChI is InChI=1S/C21H22N2OS/c24-21(19-10-3-6-16-7-4-13-22-20(16)19)23-14-2-1-8-17(23)11-12-18-9-5-15-25-18/h3-7,9-10,13,15,17H,1-2,8,11-12,14H2/t17-/m0/s1. The molecule has 0 bridgehead atoms. The van der Waals surface area contributed by atoms with Gasteiger partial charge < -0.3 is 4.90 Å². The van der Waals surface area contributed by atoms with Crippen LogP contribution < -0.4 is 0 Å². The maximum absolute atomic E-state index is 13.3. The second-order valence-electron chi connectivity index (χ2n) is 6.65. The molecular formula is C21H22N2OS. The van der Waals surface area contributed by atoms with E-state index >= 15 is 0 Å². The van der Waals surface area contributed by atoms with Crippen molar-refractivity contribution < 1.29 is 4.79 Å². The van der Waals surface area contributed by atoms with Gasteiger partial charge >= 0.3 is 0 Å². The minimum absolute atomic E-state index is 0.139. The number of thiophene rings is 1. The Morgan fingerprint density at radius 1 is 1.16 bits per heavy atom. The van der Waals surface area contributed by atoms with Gasteiger partial charge in [0.05, 0.1) is 11.1 Å². The Balaban J connectivity index is 1.57. The van der Waals surface area contributed by atoms with E-state index in [0.717, 1.165) is 48.7 Å². The van der Waals surface area contributed by atoms with Crippen LogP contribution in [0.4, 0.5) is 0 Å². The third kappa shape index (κ3) is 3.45. The zero-order chi connectivity index (χ0) is 17.1. The summed E-state index contributed by atoms with van der Waals surface area (Å²) in [6.45, 7) is 0.858. The van der Waals surface area contributed by atoms with Gasteiger partial charge in [-0.15, -0.1) is 11.3 Å². The molecule has 0 N–H and O–H groups in total. The van der Waals surface area contributed by atoms with E-state index in [4.69, 9.17) is 0 Å². The number of rotatable bonds is 4. The van der Waals surface area contributed by atoms with Crippen molar-refractivity contribution in [1.82, 2.24) is 9.88 Å². The fourth-order valence-electron chi connectivity index (χ4n) is 3.76. The molecule has 1 atom stereocenters. The highest BCUT2D eigenvalue weighted by atomic mass is 32.1.